The Labute approximate surface area is 136 Å². The van der Waals surface area contributed by atoms with Crippen molar-refractivity contribution in [2.24, 2.45) is 0 Å². The largest absolute Gasteiger partial charge is 0.497 e. The van der Waals surface area contributed by atoms with Crippen molar-refractivity contribution < 1.29 is 9.53 Å². The smallest absolute Gasteiger partial charge is 0.237 e. The summed E-state index contributed by atoms with van der Waals surface area (Å²) in [5, 5.41) is 2.85. The van der Waals surface area contributed by atoms with Crippen LogP contribution < -0.4 is 10.1 Å². The Hall–Kier alpha value is -1.94. The lowest BCUT2D eigenvalue weighted by Crippen LogP contribution is -2.23. The lowest BCUT2D eigenvalue weighted by Gasteiger charge is -2.14. The molecule has 116 valence electrons. The number of hydrogen-bond donors (Lipinski definition) is 1. The molecule has 0 heterocycles. The third-order valence-electron chi connectivity index (χ3n) is 3.40. The van der Waals surface area contributed by atoms with Crippen molar-refractivity contribution in [1.82, 2.24) is 0 Å². The first-order valence-corrected chi connectivity index (χ1v) is 8.21. The topological polar surface area (TPSA) is 38.3 Å². The zero-order chi connectivity index (χ0) is 15.9. The molecule has 0 saturated heterocycles. The number of anilines is 1. The Bertz CT molecular complexity index is 625. The lowest BCUT2D eigenvalue weighted by atomic mass is 10.1. The quantitative estimate of drug-likeness (QED) is 0.804. The molecule has 0 fully saturated rings. The van der Waals surface area contributed by atoms with Crippen LogP contribution in [-0.2, 0) is 11.2 Å². The summed E-state index contributed by atoms with van der Waals surface area (Å²) in [6.45, 7) is 4.00. The van der Waals surface area contributed by atoms with E-state index in [4.69, 9.17) is 4.74 Å². The summed E-state index contributed by atoms with van der Waals surface area (Å²) in [5.41, 5.74) is 2.05. The molecule has 0 aromatic heterocycles. The summed E-state index contributed by atoms with van der Waals surface area (Å²) in [6, 6.07) is 15.7. The third-order valence-corrected chi connectivity index (χ3v) is 4.51. The van der Waals surface area contributed by atoms with Gasteiger partial charge in [-0.2, -0.15) is 0 Å². The first-order chi connectivity index (χ1) is 10.6. The number of rotatable bonds is 6. The number of benzene rings is 2. The average molecular weight is 315 g/mol. The van der Waals surface area contributed by atoms with Gasteiger partial charge in [0.2, 0.25) is 5.91 Å². The number of amides is 1. The number of aryl methyl sites for hydroxylation is 1. The van der Waals surface area contributed by atoms with E-state index >= 15 is 0 Å². The van der Waals surface area contributed by atoms with Crippen molar-refractivity contribution in [2.45, 2.75) is 30.4 Å². The van der Waals surface area contributed by atoms with Gasteiger partial charge in [0.05, 0.1) is 12.4 Å². The zero-order valence-corrected chi connectivity index (χ0v) is 13.9. The molecule has 0 aliphatic carbocycles. The number of carbonyl (C=O) groups is 1. The van der Waals surface area contributed by atoms with Crippen LogP contribution in [0.15, 0.2) is 53.4 Å². The van der Waals surface area contributed by atoms with Crippen LogP contribution in [0, 0.1) is 0 Å². The molecule has 0 aliphatic heterocycles. The van der Waals surface area contributed by atoms with Crippen LogP contribution in [0.2, 0.25) is 0 Å². The van der Waals surface area contributed by atoms with Crippen LogP contribution in [0.25, 0.3) is 0 Å². The molecule has 0 bridgehead atoms. The van der Waals surface area contributed by atoms with Crippen LogP contribution >= 0.6 is 11.8 Å². The molecule has 1 unspecified atom stereocenters. The molecule has 0 spiro atoms. The normalized spacial score (nSPS) is 11.8. The lowest BCUT2D eigenvalue weighted by molar-refractivity contribution is -0.115. The summed E-state index contributed by atoms with van der Waals surface area (Å²) >= 11 is 1.54. The van der Waals surface area contributed by atoms with Crippen LogP contribution in [0.4, 0.5) is 5.69 Å². The van der Waals surface area contributed by atoms with E-state index in [1.165, 1.54) is 11.8 Å². The minimum absolute atomic E-state index is 0.0155. The molecular weight excluding hydrogens is 294 g/mol. The van der Waals surface area contributed by atoms with Crippen LogP contribution in [-0.4, -0.2) is 18.3 Å². The molecule has 1 amide bonds. The van der Waals surface area contributed by atoms with Gasteiger partial charge in [-0.3, -0.25) is 4.79 Å². The standard InChI is InChI=1S/C18H21NO2S/c1-4-14-7-5-6-8-17(14)19-18(20)13(2)22-16-11-9-15(21-3)10-12-16/h5-13H,4H2,1-3H3,(H,19,20). The number of carbonyl (C=O) groups excluding carboxylic acids is 1. The Kier molecular flexibility index (Phi) is 5.90. The molecule has 2 rings (SSSR count). The number of thioether (sulfide) groups is 1. The number of methoxy groups -OCH3 is 1. The fraction of sp³-hybridized carbons (Fsp3) is 0.278. The fourth-order valence-electron chi connectivity index (χ4n) is 2.10. The highest BCUT2D eigenvalue weighted by atomic mass is 32.2. The molecule has 0 radical (unpaired) electrons. The summed E-state index contributed by atoms with van der Waals surface area (Å²) in [4.78, 5) is 13.4. The van der Waals surface area contributed by atoms with E-state index in [1.807, 2.05) is 55.5 Å². The Morgan fingerprint density at radius 2 is 1.86 bits per heavy atom. The molecule has 2 aromatic rings. The van der Waals surface area contributed by atoms with Crippen LogP contribution in [0.5, 0.6) is 5.75 Å². The van der Waals surface area contributed by atoms with Gasteiger partial charge in [0.1, 0.15) is 5.75 Å². The van der Waals surface area contributed by atoms with E-state index in [-0.39, 0.29) is 11.2 Å². The maximum atomic E-state index is 12.4. The molecule has 1 atom stereocenters. The van der Waals surface area contributed by atoms with Gasteiger partial charge >= 0.3 is 0 Å². The average Bonchev–Trinajstić information content (AvgIpc) is 2.56. The van der Waals surface area contributed by atoms with Gasteiger partial charge in [-0.1, -0.05) is 25.1 Å². The van der Waals surface area contributed by atoms with Gasteiger partial charge < -0.3 is 10.1 Å². The van der Waals surface area contributed by atoms with Crippen molar-refractivity contribution >= 4 is 23.4 Å². The Balaban J connectivity index is 1.99. The van der Waals surface area contributed by atoms with Gasteiger partial charge in [-0.25, -0.2) is 0 Å². The summed E-state index contributed by atoms with van der Waals surface area (Å²) in [5.74, 6) is 0.833. The molecule has 4 heteroatoms. The van der Waals surface area contributed by atoms with E-state index in [1.54, 1.807) is 7.11 Å². The number of hydrogen-bond acceptors (Lipinski definition) is 3. The van der Waals surface area contributed by atoms with E-state index in [0.29, 0.717) is 0 Å². The van der Waals surface area contributed by atoms with Crippen molar-refractivity contribution in [3.8, 4) is 5.75 Å². The highest BCUT2D eigenvalue weighted by Crippen LogP contribution is 2.26. The monoisotopic (exact) mass is 315 g/mol. The van der Waals surface area contributed by atoms with Gasteiger partial charge in [0.15, 0.2) is 0 Å². The van der Waals surface area contributed by atoms with Crippen LogP contribution in [0.3, 0.4) is 0 Å². The second-order valence-corrected chi connectivity index (χ2v) is 6.35. The van der Waals surface area contributed by atoms with Crippen molar-refractivity contribution in [3.05, 3.63) is 54.1 Å². The highest BCUT2D eigenvalue weighted by molar-refractivity contribution is 8.00. The number of nitrogens with one attached hydrogen (secondary N) is 1. The van der Waals surface area contributed by atoms with Gasteiger partial charge in [0.25, 0.3) is 0 Å². The minimum atomic E-state index is -0.168. The molecule has 1 N–H and O–H groups in total. The van der Waals surface area contributed by atoms with Crippen molar-refractivity contribution in [2.75, 3.05) is 12.4 Å². The molecule has 0 saturated carbocycles. The van der Waals surface area contributed by atoms with Crippen LogP contribution in [0.1, 0.15) is 19.4 Å². The second kappa shape index (κ2) is 7.90. The van der Waals surface area contributed by atoms with Crippen molar-refractivity contribution in [1.29, 1.82) is 0 Å². The maximum Gasteiger partial charge on any atom is 0.237 e. The van der Waals surface area contributed by atoms with Gasteiger partial charge in [-0.05, 0) is 49.2 Å². The van der Waals surface area contributed by atoms with Gasteiger partial charge in [-0.15, -0.1) is 11.8 Å². The van der Waals surface area contributed by atoms with E-state index in [9.17, 15) is 4.79 Å². The first-order valence-electron chi connectivity index (χ1n) is 7.33. The molecular formula is C18H21NO2S. The van der Waals surface area contributed by atoms with E-state index < -0.39 is 0 Å². The first kappa shape index (κ1) is 16.4. The Morgan fingerprint density at radius 1 is 1.18 bits per heavy atom. The molecule has 0 aliphatic rings. The van der Waals surface area contributed by atoms with E-state index in [0.717, 1.165) is 28.3 Å². The predicted octanol–water partition coefficient (Wildman–Crippen LogP) is 4.38. The summed E-state index contributed by atoms with van der Waals surface area (Å²) < 4.78 is 5.14. The number of para-hydroxylation sites is 1. The molecule has 2 aromatic carbocycles. The molecule has 3 nitrogen and oxygen atoms in total. The SMILES string of the molecule is CCc1ccccc1NC(=O)C(C)Sc1ccc(OC)cc1. The third kappa shape index (κ3) is 4.28. The maximum absolute atomic E-state index is 12.4. The van der Waals surface area contributed by atoms with Gasteiger partial charge in [0, 0.05) is 10.6 Å². The highest BCUT2D eigenvalue weighted by Gasteiger charge is 2.15. The number of ether oxygens (including phenoxy) is 1. The predicted molar refractivity (Wildman–Crippen MR) is 92.8 cm³/mol. The van der Waals surface area contributed by atoms with E-state index in [2.05, 4.69) is 12.2 Å². The second-order valence-electron chi connectivity index (χ2n) is 4.94. The zero-order valence-electron chi connectivity index (χ0n) is 13.1. The summed E-state index contributed by atoms with van der Waals surface area (Å²) in [7, 11) is 1.64. The van der Waals surface area contributed by atoms with Crippen molar-refractivity contribution in [3.63, 3.8) is 0 Å². The summed E-state index contributed by atoms with van der Waals surface area (Å²) in [6.07, 6.45) is 0.899. The Morgan fingerprint density at radius 3 is 2.50 bits per heavy atom. The minimum Gasteiger partial charge on any atom is -0.497 e. The molecule has 22 heavy (non-hydrogen) atoms. The fourth-order valence-corrected chi connectivity index (χ4v) is 2.96.